The molecular formula is C32H52F3NO8S. The van der Waals surface area contributed by atoms with Crippen LogP contribution in [0.2, 0.25) is 0 Å². The first kappa shape index (κ1) is 40.6. The van der Waals surface area contributed by atoms with E-state index in [2.05, 4.69) is 19.2 Å². The third-order valence-electron chi connectivity index (χ3n) is 7.24. The molecule has 0 heterocycles. The Morgan fingerprint density at radius 1 is 0.867 bits per heavy atom. The minimum Gasteiger partial charge on any atom is -0.457 e. The van der Waals surface area contributed by atoms with Crippen LogP contribution in [0.1, 0.15) is 111 Å². The summed E-state index contributed by atoms with van der Waals surface area (Å²) < 4.78 is 92.5. The second kappa shape index (κ2) is 18.7. The lowest BCUT2D eigenvalue weighted by Gasteiger charge is -2.35. The second-order valence-electron chi connectivity index (χ2n) is 12.8. The predicted molar refractivity (Wildman–Crippen MR) is 166 cm³/mol. The fourth-order valence-electron chi connectivity index (χ4n) is 5.01. The zero-order chi connectivity index (χ0) is 34.3. The van der Waals surface area contributed by atoms with Crippen molar-refractivity contribution in [3.8, 4) is 0 Å². The van der Waals surface area contributed by atoms with Gasteiger partial charge in [0.05, 0.1) is 11.8 Å². The van der Waals surface area contributed by atoms with Gasteiger partial charge in [0.2, 0.25) is 0 Å². The number of methoxy groups -OCH3 is 1. The molecule has 0 saturated heterocycles. The average Bonchev–Trinajstić information content (AvgIpc) is 2.89. The maximum absolute atomic E-state index is 14.5. The summed E-state index contributed by atoms with van der Waals surface area (Å²) in [5.41, 5.74) is -5.07. The van der Waals surface area contributed by atoms with E-state index in [0.29, 0.717) is 18.8 Å². The van der Waals surface area contributed by atoms with Crippen molar-refractivity contribution < 1.29 is 49.9 Å². The molecular weight excluding hydrogens is 615 g/mol. The molecule has 1 aromatic carbocycles. The Bertz CT molecular complexity index is 1120. The number of ether oxygens (including phenoxy) is 3. The van der Waals surface area contributed by atoms with Crippen LogP contribution in [0.25, 0.3) is 0 Å². The average molecular weight is 668 g/mol. The molecule has 2 unspecified atom stereocenters. The van der Waals surface area contributed by atoms with Gasteiger partial charge in [-0.3, -0.25) is 4.55 Å². The molecule has 0 bridgehead atoms. The van der Waals surface area contributed by atoms with Gasteiger partial charge in [-0.2, -0.15) is 21.6 Å². The largest absolute Gasteiger partial charge is 0.457 e. The first-order valence-electron chi connectivity index (χ1n) is 15.7. The quantitative estimate of drug-likeness (QED) is 0.0822. The standard InChI is InChI=1S/C32H52F3NO8S/c1-24(2)19-15-12-10-8-7-9-11-13-18-22-27(26(23-45(39,40)41)36-29(38)44-30(3,4)5)43-28(37)31(42-6,32(33,34)35)25-20-16-14-17-21-25/h14,16-17,20-21,24,26-27H,7-13,15,18-19,22-23H2,1-6H3,(H,36,38)(H,39,40,41)/t26?,27?,31-/m0/s1. The van der Waals surface area contributed by atoms with Gasteiger partial charge in [-0.05, 0) is 39.5 Å². The summed E-state index contributed by atoms with van der Waals surface area (Å²) in [7, 11) is -4.07. The zero-order valence-electron chi connectivity index (χ0n) is 27.5. The number of nitrogens with one attached hydrogen (secondary N) is 1. The maximum Gasteiger partial charge on any atom is 0.432 e. The highest BCUT2D eigenvalue weighted by Crippen LogP contribution is 2.43. The van der Waals surface area contributed by atoms with Crippen molar-refractivity contribution in [3.05, 3.63) is 35.9 Å². The molecule has 0 saturated carbocycles. The van der Waals surface area contributed by atoms with Gasteiger partial charge in [0.25, 0.3) is 15.7 Å². The number of halogens is 3. The molecule has 1 rings (SSSR count). The van der Waals surface area contributed by atoms with Crippen LogP contribution in [0.15, 0.2) is 30.3 Å². The van der Waals surface area contributed by atoms with Crippen LogP contribution in [-0.2, 0) is 34.7 Å². The smallest absolute Gasteiger partial charge is 0.432 e. The molecule has 260 valence electrons. The van der Waals surface area contributed by atoms with Gasteiger partial charge in [-0.25, -0.2) is 9.59 Å². The Morgan fingerprint density at radius 3 is 1.78 bits per heavy atom. The van der Waals surface area contributed by atoms with Gasteiger partial charge < -0.3 is 19.5 Å². The first-order chi connectivity index (χ1) is 20.8. The lowest BCUT2D eigenvalue weighted by molar-refractivity contribution is -0.278. The zero-order valence-corrected chi connectivity index (χ0v) is 28.3. The number of hydrogen-bond donors (Lipinski definition) is 2. The molecule has 13 heteroatoms. The SMILES string of the molecule is CO[C@](C(=O)OC(CCCCCCCCCCCC(C)C)C(CS(=O)(=O)O)NC(=O)OC(C)(C)C)(c1ccccc1)C(F)(F)F. The van der Waals surface area contributed by atoms with E-state index in [0.717, 1.165) is 51.3 Å². The molecule has 0 aromatic heterocycles. The van der Waals surface area contributed by atoms with E-state index in [1.54, 1.807) is 20.8 Å². The molecule has 0 radical (unpaired) electrons. The van der Waals surface area contributed by atoms with Crippen LogP contribution in [0.4, 0.5) is 18.0 Å². The molecule has 9 nitrogen and oxygen atoms in total. The van der Waals surface area contributed by atoms with Crippen molar-refractivity contribution in [3.63, 3.8) is 0 Å². The van der Waals surface area contributed by atoms with Crippen LogP contribution >= 0.6 is 0 Å². The molecule has 0 aliphatic heterocycles. The molecule has 0 aliphatic carbocycles. The summed E-state index contributed by atoms with van der Waals surface area (Å²) in [6.07, 6.45) is 1.59. The van der Waals surface area contributed by atoms with E-state index < -0.39 is 63.0 Å². The van der Waals surface area contributed by atoms with E-state index >= 15 is 0 Å². The third-order valence-corrected chi connectivity index (χ3v) is 8.02. The fraction of sp³-hybridized carbons (Fsp3) is 0.750. The highest BCUT2D eigenvalue weighted by molar-refractivity contribution is 7.85. The number of alkyl carbamates (subject to hydrolysis) is 1. The number of alkyl halides is 3. The third kappa shape index (κ3) is 15.2. The maximum atomic E-state index is 14.5. The molecule has 2 N–H and O–H groups in total. The Morgan fingerprint density at radius 2 is 1.36 bits per heavy atom. The van der Waals surface area contributed by atoms with E-state index in [4.69, 9.17) is 14.2 Å². The van der Waals surface area contributed by atoms with Crippen molar-refractivity contribution in [2.24, 2.45) is 5.92 Å². The van der Waals surface area contributed by atoms with Crippen molar-refractivity contribution in [1.29, 1.82) is 0 Å². The number of carbonyl (C=O) groups excluding carboxylic acids is 2. The van der Waals surface area contributed by atoms with Crippen LogP contribution in [0.5, 0.6) is 0 Å². The van der Waals surface area contributed by atoms with E-state index in [1.807, 2.05) is 0 Å². The minimum absolute atomic E-state index is 0.0939. The normalized spacial score (nSPS) is 15.3. The van der Waals surface area contributed by atoms with Gasteiger partial charge in [0.15, 0.2) is 0 Å². The Hall–Kier alpha value is -2.38. The van der Waals surface area contributed by atoms with E-state index in [1.165, 1.54) is 37.5 Å². The monoisotopic (exact) mass is 667 g/mol. The lowest BCUT2D eigenvalue weighted by atomic mass is 9.92. The highest BCUT2D eigenvalue weighted by Gasteiger charge is 2.64. The summed E-state index contributed by atoms with van der Waals surface area (Å²) in [6, 6.07) is 4.57. The first-order valence-corrected chi connectivity index (χ1v) is 17.3. The number of benzene rings is 1. The molecule has 0 aliphatic rings. The number of amides is 1. The molecule has 0 spiro atoms. The summed E-state index contributed by atoms with van der Waals surface area (Å²) in [6.45, 7) is 9.09. The lowest BCUT2D eigenvalue weighted by Crippen LogP contribution is -2.56. The van der Waals surface area contributed by atoms with Crippen molar-refractivity contribution in [1.82, 2.24) is 5.32 Å². The van der Waals surface area contributed by atoms with Gasteiger partial charge in [-0.1, -0.05) is 102 Å². The topological polar surface area (TPSA) is 128 Å². The van der Waals surface area contributed by atoms with Gasteiger partial charge in [0, 0.05) is 12.7 Å². The molecule has 45 heavy (non-hydrogen) atoms. The van der Waals surface area contributed by atoms with Gasteiger partial charge in [0.1, 0.15) is 11.7 Å². The Kier molecular flexibility index (Phi) is 16.9. The van der Waals surface area contributed by atoms with E-state index in [9.17, 15) is 35.7 Å². The summed E-state index contributed by atoms with van der Waals surface area (Å²) >= 11 is 0. The number of hydrogen-bond acceptors (Lipinski definition) is 7. The predicted octanol–water partition coefficient (Wildman–Crippen LogP) is 7.73. The number of rotatable bonds is 20. The Labute approximate surface area is 266 Å². The molecule has 1 aromatic rings. The fourth-order valence-corrected chi connectivity index (χ4v) is 5.76. The van der Waals surface area contributed by atoms with Gasteiger partial charge in [-0.15, -0.1) is 0 Å². The van der Waals surface area contributed by atoms with Crippen LogP contribution in [-0.4, -0.2) is 61.8 Å². The Balaban J connectivity index is 3.15. The van der Waals surface area contributed by atoms with Crippen molar-refractivity contribution in [2.45, 2.75) is 135 Å². The van der Waals surface area contributed by atoms with Crippen molar-refractivity contribution in [2.75, 3.05) is 12.9 Å². The summed E-state index contributed by atoms with van der Waals surface area (Å²) in [5, 5.41) is 2.28. The molecule has 1 amide bonds. The number of unbranched alkanes of at least 4 members (excludes halogenated alkanes) is 8. The van der Waals surface area contributed by atoms with Gasteiger partial charge >= 0.3 is 18.2 Å². The highest BCUT2D eigenvalue weighted by atomic mass is 32.2. The molecule has 0 fully saturated rings. The molecule has 3 atom stereocenters. The summed E-state index contributed by atoms with van der Waals surface area (Å²) in [4.78, 5) is 26.0. The van der Waals surface area contributed by atoms with E-state index in [-0.39, 0.29) is 6.42 Å². The second-order valence-corrected chi connectivity index (χ2v) is 14.3. The number of esters is 1. The minimum atomic E-state index is -5.27. The van der Waals surface area contributed by atoms with Crippen LogP contribution in [0, 0.1) is 5.92 Å². The summed E-state index contributed by atoms with van der Waals surface area (Å²) in [5.74, 6) is -2.27. The number of carbonyl (C=O) groups is 2. The van der Waals surface area contributed by atoms with Crippen LogP contribution < -0.4 is 5.32 Å². The van der Waals surface area contributed by atoms with Crippen molar-refractivity contribution >= 4 is 22.2 Å². The van der Waals surface area contributed by atoms with Crippen LogP contribution in [0.3, 0.4) is 0 Å².